The zero-order valence-electron chi connectivity index (χ0n) is 12.1. The molecule has 0 fully saturated rings. The van der Waals surface area contributed by atoms with Crippen LogP contribution in [0.3, 0.4) is 0 Å². The lowest BCUT2D eigenvalue weighted by Crippen LogP contribution is -2.21. The first kappa shape index (κ1) is 14.7. The Balaban J connectivity index is 1.99. The predicted octanol–water partition coefficient (Wildman–Crippen LogP) is 4.80. The molecule has 0 amide bonds. The predicted molar refractivity (Wildman–Crippen MR) is 88.8 cm³/mol. The molecule has 0 saturated heterocycles. The molecule has 2 aromatic rings. The molecule has 3 heteroatoms. The summed E-state index contributed by atoms with van der Waals surface area (Å²) in [5, 5.41) is 4.12. The minimum Gasteiger partial charge on any atom is -0.380 e. The molecule has 0 aliphatic heterocycles. The fourth-order valence-electron chi connectivity index (χ4n) is 2.22. The Bertz CT molecular complexity index is 533. The summed E-state index contributed by atoms with van der Waals surface area (Å²) >= 11 is 6.13. The first-order valence-corrected chi connectivity index (χ1v) is 7.44. The molecular formula is C17H21ClN2. The lowest BCUT2D eigenvalue weighted by atomic mass is 10.2. The van der Waals surface area contributed by atoms with E-state index in [-0.39, 0.29) is 0 Å². The summed E-state index contributed by atoms with van der Waals surface area (Å²) in [5.74, 6) is 0. The van der Waals surface area contributed by atoms with E-state index in [1.165, 1.54) is 11.3 Å². The molecule has 0 heterocycles. The molecule has 0 unspecified atom stereocenters. The normalized spacial score (nSPS) is 10.3. The van der Waals surface area contributed by atoms with Gasteiger partial charge in [-0.25, -0.2) is 0 Å². The van der Waals surface area contributed by atoms with E-state index in [9.17, 15) is 0 Å². The number of nitrogens with one attached hydrogen (secondary N) is 1. The average Bonchev–Trinajstić information content (AvgIpc) is 2.49. The van der Waals surface area contributed by atoms with Crippen molar-refractivity contribution < 1.29 is 0 Å². The topological polar surface area (TPSA) is 15.3 Å². The number of para-hydroxylation sites is 1. The minimum absolute atomic E-state index is 0.757. The molecular weight excluding hydrogens is 268 g/mol. The quantitative estimate of drug-likeness (QED) is 0.821. The van der Waals surface area contributed by atoms with Crippen molar-refractivity contribution in [3.63, 3.8) is 0 Å². The average molecular weight is 289 g/mol. The van der Waals surface area contributed by atoms with E-state index in [0.29, 0.717) is 0 Å². The molecule has 2 nitrogen and oxygen atoms in total. The molecule has 0 bridgehead atoms. The molecule has 0 aliphatic carbocycles. The van der Waals surface area contributed by atoms with Crippen LogP contribution in [0, 0.1) is 0 Å². The molecule has 2 aromatic carbocycles. The van der Waals surface area contributed by atoms with Crippen LogP contribution in [0.2, 0.25) is 5.02 Å². The molecule has 0 aliphatic rings. The maximum absolute atomic E-state index is 6.13. The van der Waals surface area contributed by atoms with Crippen molar-refractivity contribution >= 4 is 23.0 Å². The fourth-order valence-corrected chi connectivity index (χ4v) is 2.42. The van der Waals surface area contributed by atoms with Crippen LogP contribution in [-0.4, -0.2) is 13.1 Å². The van der Waals surface area contributed by atoms with Gasteiger partial charge in [0.2, 0.25) is 0 Å². The summed E-state index contributed by atoms with van der Waals surface area (Å²) in [6, 6.07) is 16.5. The molecule has 0 radical (unpaired) electrons. The van der Waals surface area contributed by atoms with Crippen LogP contribution in [-0.2, 0) is 6.54 Å². The summed E-state index contributed by atoms with van der Waals surface area (Å²) in [7, 11) is 0. The molecule has 20 heavy (non-hydrogen) atoms. The molecule has 0 spiro atoms. The van der Waals surface area contributed by atoms with E-state index in [4.69, 9.17) is 11.6 Å². The SMILES string of the molecule is CCN(CC)c1ccc(CNc2ccccc2Cl)cc1. The Labute approximate surface area is 126 Å². The van der Waals surface area contributed by atoms with Gasteiger partial charge in [-0.15, -0.1) is 0 Å². The lowest BCUT2D eigenvalue weighted by Gasteiger charge is -2.21. The zero-order chi connectivity index (χ0) is 14.4. The van der Waals surface area contributed by atoms with Crippen molar-refractivity contribution in [1.29, 1.82) is 0 Å². The molecule has 1 N–H and O–H groups in total. The van der Waals surface area contributed by atoms with E-state index in [0.717, 1.165) is 30.3 Å². The number of benzene rings is 2. The van der Waals surface area contributed by atoms with Gasteiger partial charge in [0.25, 0.3) is 0 Å². The van der Waals surface area contributed by atoms with Gasteiger partial charge in [0, 0.05) is 25.3 Å². The number of anilines is 2. The standard InChI is InChI=1S/C17H21ClN2/c1-3-20(4-2)15-11-9-14(10-12-15)13-19-17-8-6-5-7-16(17)18/h5-12,19H,3-4,13H2,1-2H3. The van der Waals surface area contributed by atoms with Gasteiger partial charge in [-0.1, -0.05) is 35.9 Å². The lowest BCUT2D eigenvalue weighted by molar-refractivity contribution is 0.865. The summed E-state index contributed by atoms with van der Waals surface area (Å²) < 4.78 is 0. The Morgan fingerprint density at radius 2 is 1.60 bits per heavy atom. The Kier molecular flexibility index (Phi) is 5.31. The Morgan fingerprint density at radius 1 is 0.950 bits per heavy atom. The van der Waals surface area contributed by atoms with Gasteiger partial charge >= 0.3 is 0 Å². The van der Waals surface area contributed by atoms with E-state index >= 15 is 0 Å². The van der Waals surface area contributed by atoms with E-state index in [1.54, 1.807) is 0 Å². The number of hydrogen-bond acceptors (Lipinski definition) is 2. The van der Waals surface area contributed by atoms with Crippen molar-refractivity contribution in [2.24, 2.45) is 0 Å². The number of hydrogen-bond donors (Lipinski definition) is 1. The molecule has 0 saturated carbocycles. The second-order valence-electron chi connectivity index (χ2n) is 4.67. The Hall–Kier alpha value is -1.67. The van der Waals surface area contributed by atoms with Gasteiger partial charge < -0.3 is 10.2 Å². The molecule has 0 atom stereocenters. The summed E-state index contributed by atoms with van der Waals surface area (Å²) in [4.78, 5) is 2.34. The highest BCUT2D eigenvalue weighted by molar-refractivity contribution is 6.33. The van der Waals surface area contributed by atoms with Gasteiger partial charge in [-0.2, -0.15) is 0 Å². The van der Waals surface area contributed by atoms with E-state index < -0.39 is 0 Å². The van der Waals surface area contributed by atoms with Crippen LogP contribution < -0.4 is 10.2 Å². The van der Waals surface area contributed by atoms with Crippen molar-refractivity contribution in [2.75, 3.05) is 23.3 Å². The van der Waals surface area contributed by atoms with Crippen molar-refractivity contribution in [3.05, 3.63) is 59.1 Å². The molecule has 2 rings (SSSR count). The van der Waals surface area contributed by atoms with Gasteiger partial charge in [-0.05, 0) is 43.7 Å². The van der Waals surface area contributed by atoms with Gasteiger partial charge in [0.1, 0.15) is 0 Å². The van der Waals surface area contributed by atoms with Crippen LogP contribution in [0.15, 0.2) is 48.5 Å². The highest BCUT2D eigenvalue weighted by Crippen LogP contribution is 2.21. The Morgan fingerprint density at radius 3 is 2.20 bits per heavy atom. The maximum atomic E-state index is 6.13. The van der Waals surface area contributed by atoms with Crippen LogP contribution in [0.5, 0.6) is 0 Å². The van der Waals surface area contributed by atoms with Crippen LogP contribution in [0.4, 0.5) is 11.4 Å². The summed E-state index contributed by atoms with van der Waals surface area (Å²) in [5.41, 5.74) is 3.50. The van der Waals surface area contributed by atoms with Crippen LogP contribution in [0.25, 0.3) is 0 Å². The minimum atomic E-state index is 0.757. The summed E-state index contributed by atoms with van der Waals surface area (Å²) in [6.07, 6.45) is 0. The first-order valence-electron chi connectivity index (χ1n) is 7.07. The number of halogens is 1. The van der Waals surface area contributed by atoms with Crippen molar-refractivity contribution in [3.8, 4) is 0 Å². The highest BCUT2D eigenvalue weighted by Gasteiger charge is 2.02. The van der Waals surface area contributed by atoms with Crippen LogP contribution >= 0.6 is 11.6 Å². The smallest absolute Gasteiger partial charge is 0.0637 e. The van der Waals surface area contributed by atoms with E-state index in [1.807, 2.05) is 24.3 Å². The van der Waals surface area contributed by atoms with Gasteiger partial charge in [-0.3, -0.25) is 0 Å². The maximum Gasteiger partial charge on any atom is 0.0637 e. The van der Waals surface area contributed by atoms with E-state index in [2.05, 4.69) is 48.3 Å². The fraction of sp³-hybridized carbons (Fsp3) is 0.294. The zero-order valence-corrected chi connectivity index (χ0v) is 12.8. The number of rotatable bonds is 6. The van der Waals surface area contributed by atoms with Gasteiger partial charge in [0.15, 0.2) is 0 Å². The second kappa shape index (κ2) is 7.20. The second-order valence-corrected chi connectivity index (χ2v) is 5.08. The third-order valence-corrected chi connectivity index (χ3v) is 3.75. The van der Waals surface area contributed by atoms with Crippen molar-refractivity contribution in [2.45, 2.75) is 20.4 Å². The van der Waals surface area contributed by atoms with Crippen molar-refractivity contribution in [1.82, 2.24) is 0 Å². The third kappa shape index (κ3) is 3.67. The highest BCUT2D eigenvalue weighted by atomic mass is 35.5. The largest absolute Gasteiger partial charge is 0.380 e. The first-order chi connectivity index (χ1) is 9.74. The van der Waals surface area contributed by atoms with Gasteiger partial charge in [0.05, 0.1) is 10.7 Å². The number of nitrogens with zero attached hydrogens (tertiary/aromatic N) is 1. The summed E-state index contributed by atoms with van der Waals surface area (Å²) in [6.45, 7) is 7.20. The molecule has 106 valence electrons. The molecule has 0 aromatic heterocycles. The monoisotopic (exact) mass is 288 g/mol. The van der Waals surface area contributed by atoms with Crippen LogP contribution in [0.1, 0.15) is 19.4 Å². The third-order valence-electron chi connectivity index (χ3n) is 3.42.